The largest absolute Gasteiger partial charge is 0.303 e. The van der Waals surface area contributed by atoms with Crippen LogP contribution in [0.15, 0.2) is 48.5 Å². The van der Waals surface area contributed by atoms with Crippen molar-refractivity contribution in [2.24, 2.45) is 0 Å². The quantitative estimate of drug-likeness (QED) is 0.786. The summed E-state index contributed by atoms with van der Waals surface area (Å²) in [4.78, 5) is 0. The second-order valence-corrected chi connectivity index (χ2v) is 5.94. The van der Waals surface area contributed by atoms with Crippen LogP contribution in [0, 0.1) is 5.82 Å². The van der Waals surface area contributed by atoms with Crippen molar-refractivity contribution in [3.8, 4) is 0 Å². The smallest absolute Gasteiger partial charge is 0.123 e. The molecule has 110 valence electrons. The van der Waals surface area contributed by atoms with Crippen LogP contribution in [0.4, 0.5) is 4.39 Å². The maximum Gasteiger partial charge on any atom is 0.123 e. The minimum absolute atomic E-state index is 0.175. The molecule has 0 aliphatic heterocycles. The monoisotopic (exact) mass is 283 g/mol. The zero-order chi connectivity index (χ0) is 14.7. The molecular formula is C19H22FN. The molecule has 2 aromatic carbocycles. The Balaban J connectivity index is 1.79. The Morgan fingerprint density at radius 3 is 2.62 bits per heavy atom. The summed E-state index contributed by atoms with van der Waals surface area (Å²) >= 11 is 0. The van der Waals surface area contributed by atoms with E-state index in [4.69, 9.17) is 0 Å². The molecule has 1 aliphatic rings. The second kappa shape index (κ2) is 6.40. The van der Waals surface area contributed by atoms with Gasteiger partial charge in [-0.25, -0.2) is 4.39 Å². The maximum absolute atomic E-state index is 13.0. The third-order valence-corrected chi connectivity index (χ3v) is 4.44. The van der Waals surface area contributed by atoms with E-state index in [1.54, 1.807) is 0 Å². The average Bonchev–Trinajstić information content (AvgIpc) is 2.71. The summed E-state index contributed by atoms with van der Waals surface area (Å²) in [5, 5.41) is 3.73. The number of halogens is 1. The molecule has 1 nitrogen and oxygen atoms in total. The van der Waals surface area contributed by atoms with E-state index < -0.39 is 0 Å². The Bertz CT molecular complexity index is 591. The summed E-state index contributed by atoms with van der Waals surface area (Å²) in [5.41, 5.74) is 4.04. The van der Waals surface area contributed by atoms with Crippen molar-refractivity contribution < 1.29 is 4.39 Å². The third-order valence-electron chi connectivity index (χ3n) is 4.44. The van der Waals surface area contributed by atoms with Gasteiger partial charge in [0.15, 0.2) is 0 Å². The van der Waals surface area contributed by atoms with Crippen LogP contribution in [0.1, 0.15) is 55.0 Å². The Hall–Kier alpha value is -1.67. The molecule has 2 aromatic rings. The fourth-order valence-corrected chi connectivity index (χ4v) is 3.24. The van der Waals surface area contributed by atoms with E-state index in [-0.39, 0.29) is 11.9 Å². The van der Waals surface area contributed by atoms with Crippen molar-refractivity contribution >= 4 is 0 Å². The summed E-state index contributed by atoms with van der Waals surface area (Å²) in [6.07, 6.45) is 4.87. The molecule has 0 spiro atoms. The molecule has 3 rings (SSSR count). The fraction of sp³-hybridized carbons (Fsp3) is 0.368. The summed E-state index contributed by atoms with van der Waals surface area (Å²) < 4.78 is 13.0. The van der Waals surface area contributed by atoms with Crippen LogP contribution in [0.2, 0.25) is 0 Å². The average molecular weight is 283 g/mol. The van der Waals surface area contributed by atoms with Crippen LogP contribution in [0.5, 0.6) is 0 Å². The van der Waals surface area contributed by atoms with Gasteiger partial charge < -0.3 is 5.32 Å². The third kappa shape index (κ3) is 3.33. The molecule has 0 saturated carbocycles. The highest BCUT2D eigenvalue weighted by molar-refractivity contribution is 5.31. The molecule has 0 aromatic heterocycles. The number of benzene rings is 2. The van der Waals surface area contributed by atoms with Gasteiger partial charge in [-0.3, -0.25) is 0 Å². The highest BCUT2D eigenvalue weighted by atomic mass is 19.1. The van der Waals surface area contributed by atoms with E-state index in [0.717, 1.165) is 5.56 Å². The zero-order valence-corrected chi connectivity index (χ0v) is 12.5. The second-order valence-electron chi connectivity index (χ2n) is 5.94. The van der Waals surface area contributed by atoms with Gasteiger partial charge in [0.2, 0.25) is 0 Å². The van der Waals surface area contributed by atoms with E-state index in [1.807, 2.05) is 12.1 Å². The fourth-order valence-electron chi connectivity index (χ4n) is 3.24. The molecule has 2 atom stereocenters. The molecule has 0 amide bonds. The first-order valence-corrected chi connectivity index (χ1v) is 7.83. The summed E-state index contributed by atoms with van der Waals surface area (Å²) in [6.45, 7) is 2.15. The first-order chi connectivity index (χ1) is 10.2. The van der Waals surface area contributed by atoms with E-state index >= 15 is 0 Å². The van der Waals surface area contributed by atoms with Gasteiger partial charge in [-0.1, -0.05) is 42.8 Å². The van der Waals surface area contributed by atoms with Gasteiger partial charge in [-0.2, -0.15) is 0 Å². The predicted molar refractivity (Wildman–Crippen MR) is 84.7 cm³/mol. The van der Waals surface area contributed by atoms with Crippen LogP contribution in [-0.2, 0) is 6.42 Å². The summed E-state index contributed by atoms with van der Waals surface area (Å²) in [5.74, 6) is -0.175. The van der Waals surface area contributed by atoms with Crippen molar-refractivity contribution in [3.05, 3.63) is 71.0 Å². The van der Waals surface area contributed by atoms with Crippen LogP contribution in [0.25, 0.3) is 0 Å². The standard InChI is InChI=1S/C19H22FN/c1-14(15-10-12-17(20)13-11-15)21-19-9-5-3-7-16-6-2-4-8-18(16)19/h2,4,6,8,10-14,19,21H,3,5,7,9H2,1H3/t14-,19?/m1/s1. The van der Waals surface area contributed by atoms with Crippen molar-refractivity contribution in [2.75, 3.05) is 0 Å². The summed E-state index contributed by atoms with van der Waals surface area (Å²) in [7, 11) is 0. The van der Waals surface area contributed by atoms with Crippen LogP contribution >= 0.6 is 0 Å². The van der Waals surface area contributed by atoms with E-state index in [2.05, 4.69) is 36.5 Å². The minimum Gasteiger partial charge on any atom is -0.303 e. The van der Waals surface area contributed by atoms with Crippen LogP contribution in [-0.4, -0.2) is 0 Å². The lowest BCUT2D eigenvalue weighted by molar-refractivity contribution is 0.437. The van der Waals surface area contributed by atoms with Crippen LogP contribution in [0.3, 0.4) is 0 Å². The normalized spacial score (nSPS) is 19.6. The molecule has 0 heterocycles. The van der Waals surface area contributed by atoms with E-state index in [1.165, 1.54) is 48.9 Å². The van der Waals surface area contributed by atoms with E-state index in [0.29, 0.717) is 6.04 Å². The van der Waals surface area contributed by atoms with Crippen molar-refractivity contribution in [1.29, 1.82) is 0 Å². The topological polar surface area (TPSA) is 12.0 Å². The Kier molecular flexibility index (Phi) is 4.35. The summed E-state index contributed by atoms with van der Waals surface area (Å²) in [6, 6.07) is 16.2. The van der Waals surface area contributed by atoms with Crippen molar-refractivity contribution in [2.45, 2.75) is 44.7 Å². The first kappa shape index (κ1) is 14.3. The number of nitrogens with one attached hydrogen (secondary N) is 1. The van der Waals surface area contributed by atoms with Gasteiger partial charge in [0, 0.05) is 12.1 Å². The molecule has 0 saturated heterocycles. The van der Waals surface area contributed by atoms with Crippen molar-refractivity contribution in [1.82, 2.24) is 5.32 Å². The molecule has 1 unspecified atom stereocenters. The van der Waals surface area contributed by atoms with Gasteiger partial charge in [-0.15, -0.1) is 0 Å². The molecular weight excluding hydrogens is 261 g/mol. The van der Waals surface area contributed by atoms with Crippen LogP contribution < -0.4 is 5.32 Å². The minimum atomic E-state index is -0.175. The molecule has 1 N–H and O–H groups in total. The van der Waals surface area contributed by atoms with Crippen molar-refractivity contribution in [3.63, 3.8) is 0 Å². The molecule has 0 radical (unpaired) electrons. The maximum atomic E-state index is 13.0. The Morgan fingerprint density at radius 2 is 1.81 bits per heavy atom. The molecule has 0 bridgehead atoms. The number of aryl methyl sites for hydroxylation is 1. The molecule has 1 aliphatic carbocycles. The lowest BCUT2D eigenvalue weighted by atomic mass is 9.97. The lowest BCUT2D eigenvalue weighted by Gasteiger charge is -2.24. The number of rotatable bonds is 3. The number of hydrogen-bond donors (Lipinski definition) is 1. The lowest BCUT2D eigenvalue weighted by Crippen LogP contribution is -2.25. The Labute approximate surface area is 126 Å². The van der Waals surface area contributed by atoms with Gasteiger partial charge in [0.25, 0.3) is 0 Å². The highest BCUT2D eigenvalue weighted by Gasteiger charge is 2.20. The van der Waals surface area contributed by atoms with Gasteiger partial charge in [0.1, 0.15) is 5.82 Å². The van der Waals surface area contributed by atoms with Gasteiger partial charge in [0.05, 0.1) is 0 Å². The number of fused-ring (bicyclic) bond motifs is 1. The SMILES string of the molecule is C[C@@H](NC1CCCCc2ccccc21)c1ccc(F)cc1. The first-order valence-electron chi connectivity index (χ1n) is 7.83. The molecule has 21 heavy (non-hydrogen) atoms. The van der Waals surface area contributed by atoms with Gasteiger partial charge in [-0.05, 0) is 55.0 Å². The molecule has 2 heteroatoms. The zero-order valence-electron chi connectivity index (χ0n) is 12.5. The molecule has 0 fully saturated rings. The number of hydrogen-bond acceptors (Lipinski definition) is 1. The predicted octanol–water partition coefficient (Wildman–Crippen LogP) is 4.94. The highest BCUT2D eigenvalue weighted by Crippen LogP contribution is 2.30. The van der Waals surface area contributed by atoms with Gasteiger partial charge >= 0.3 is 0 Å². The van der Waals surface area contributed by atoms with E-state index in [9.17, 15) is 4.39 Å². The Morgan fingerprint density at radius 1 is 1.05 bits per heavy atom.